The van der Waals surface area contributed by atoms with Crippen molar-refractivity contribution in [3.8, 4) is 0 Å². The molecule has 0 bridgehead atoms. The van der Waals surface area contributed by atoms with Gasteiger partial charge in [-0.25, -0.2) is 9.97 Å². The maximum atomic E-state index is 8.94. The summed E-state index contributed by atoms with van der Waals surface area (Å²) in [6, 6.07) is 0. The summed E-state index contributed by atoms with van der Waals surface area (Å²) < 4.78 is 2.10. The van der Waals surface area contributed by atoms with Gasteiger partial charge in [-0.05, 0) is 0 Å². The van der Waals surface area contributed by atoms with Crippen LogP contribution in [0.2, 0.25) is 0 Å². The molecule has 0 amide bonds. The van der Waals surface area contributed by atoms with E-state index in [-0.39, 0.29) is 40.6 Å². The van der Waals surface area contributed by atoms with Gasteiger partial charge in [0.1, 0.15) is 12.1 Å². The van der Waals surface area contributed by atoms with Crippen LogP contribution in [0.25, 0.3) is 0 Å². The molecular formula is C11H16Br2N4OS. The summed E-state index contributed by atoms with van der Waals surface area (Å²) in [5.74, 6) is 0.516. The molecule has 2 aromatic heterocycles. The lowest BCUT2D eigenvalue weighted by Crippen LogP contribution is -3.00. The lowest BCUT2D eigenvalue weighted by Gasteiger charge is -1.99. The van der Waals surface area contributed by atoms with Crippen LogP contribution >= 0.6 is 28.3 Å². The molecule has 0 fully saturated rings. The molecule has 0 aliphatic rings. The number of anilines is 1. The monoisotopic (exact) mass is 410 g/mol. The van der Waals surface area contributed by atoms with Crippen molar-refractivity contribution < 1.29 is 26.7 Å². The molecule has 2 heterocycles. The second-order valence-electron chi connectivity index (χ2n) is 3.77. The van der Waals surface area contributed by atoms with E-state index in [1.165, 1.54) is 11.2 Å². The van der Waals surface area contributed by atoms with E-state index < -0.39 is 0 Å². The number of hydrogen-bond acceptors (Lipinski definition) is 5. The maximum absolute atomic E-state index is 8.94. The minimum absolute atomic E-state index is 0. The van der Waals surface area contributed by atoms with Gasteiger partial charge in [-0.1, -0.05) is 11.3 Å². The largest absolute Gasteiger partial charge is 1.00 e. The van der Waals surface area contributed by atoms with E-state index in [4.69, 9.17) is 10.8 Å². The van der Waals surface area contributed by atoms with Crippen molar-refractivity contribution in [2.75, 3.05) is 12.3 Å². The van der Waals surface area contributed by atoms with Gasteiger partial charge in [0.25, 0.3) is 0 Å². The molecule has 0 radical (unpaired) electrons. The van der Waals surface area contributed by atoms with Gasteiger partial charge in [0.15, 0.2) is 12.2 Å². The van der Waals surface area contributed by atoms with Crippen molar-refractivity contribution in [3.05, 3.63) is 34.2 Å². The van der Waals surface area contributed by atoms with Crippen LogP contribution in [0.5, 0.6) is 0 Å². The van der Waals surface area contributed by atoms with Gasteiger partial charge in [-0.15, -0.1) is 17.0 Å². The second-order valence-corrected chi connectivity index (χ2v) is 4.71. The van der Waals surface area contributed by atoms with E-state index >= 15 is 0 Å². The molecule has 0 aromatic carbocycles. The lowest BCUT2D eigenvalue weighted by molar-refractivity contribution is -0.689. The predicted octanol–water partition coefficient (Wildman–Crippen LogP) is -2.12. The summed E-state index contributed by atoms with van der Waals surface area (Å²) in [4.78, 5) is 9.14. The smallest absolute Gasteiger partial charge is 0.225 e. The van der Waals surface area contributed by atoms with Crippen molar-refractivity contribution in [1.29, 1.82) is 0 Å². The van der Waals surface area contributed by atoms with E-state index in [2.05, 4.69) is 14.5 Å². The molecule has 0 aliphatic heterocycles. The van der Waals surface area contributed by atoms with E-state index in [1.54, 1.807) is 17.5 Å². The Morgan fingerprint density at radius 1 is 1.47 bits per heavy atom. The first-order chi connectivity index (χ1) is 8.22. The fourth-order valence-corrected chi connectivity index (χ4v) is 2.61. The van der Waals surface area contributed by atoms with Crippen LogP contribution in [0, 0.1) is 6.92 Å². The average molecular weight is 412 g/mol. The highest BCUT2D eigenvalue weighted by molar-refractivity contribution is 8.93. The van der Waals surface area contributed by atoms with Crippen LogP contribution in [-0.2, 0) is 13.0 Å². The molecule has 0 saturated heterocycles. The van der Waals surface area contributed by atoms with E-state index in [0.717, 1.165) is 11.3 Å². The summed E-state index contributed by atoms with van der Waals surface area (Å²) in [5, 5.41) is 8.94. The zero-order chi connectivity index (χ0) is 12.3. The van der Waals surface area contributed by atoms with Gasteiger partial charge < -0.3 is 27.8 Å². The van der Waals surface area contributed by atoms with Crippen molar-refractivity contribution in [2.45, 2.75) is 19.9 Å². The topological polar surface area (TPSA) is 75.9 Å². The number of thiazole rings is 1. The molecule has 0 spiro atoms. The van der Waals surface area contributed by atoms with Crippen molar-refractivity contribution in [2.24, 2.45) is 0 Å². The highest BCUT2D eigenvalue weighted by atomic mass is 79.9. The first-order valence-corrected chi connectivity index (χ1v) is 6.22. The molecule has 0 saturated carbocycles. The van der Waals surface area contributed by atoms with E-state index in [9.17, 15) is 0 Å². The highest BCUT2D eigenvalue weighted by Gasteiger charge is 2.16. The normalized spacial score (nSPS) is 9.58. The minimum atomic E-state index is 0. The number of nitrogens with zero attached hydrogens (tertiary/aromatic N) is 3. The van der Waals surface area contributed by atoms with Crippen LogP contribution in [0.15, 0.2) is 18.0 Å². The number of nitrogen functional groups attached to an aromatic ring is 1. The third-order valence-corrected chi connectivity index (χ3v) is 3.80. The first kappa shape index (κ1) is 18.4. The first-order valence-electron chi connectivity index (χ1n) is 5.34. The number of aliphatic hydroxyl groups is 1. The second kappa shape index (κ2) is 8.57. The molecule has 5 nitrogen and oxygen atoms in total. The lowest BCUT2D eigenvalue weighted by atomic mass is 10.2. The fourth-order valence-electron chi connectivity index (χ4n) is 1.62. The number of rotatable bonds is 4. The SMILES string of the molecule is Br.Cc1c(CCO)sc[n+]1Cc1cncnc1N.[Br-]. The molecule has 8 heteroatoms. The maximum Gasteiger partial charge on any atom is 0.225 e. The Balaban J connectivity index is 0.00000162. The number of aliphatic hydroxyl groups excluding tert-OH is 1. The molecule has 19 heavy (non-hydrogen) atoms. The quantitative estimate of drug-likeness (QED) is 0.564. The zero-order valence-corrected chi connectivity index (χ0v) is 14.5. The molecular weight excluding hydrogens is 396 g/mol. The molecule has 2 rings (SSSR count). The zero-order valence-electron chi connectivity index (χ0n) is 10.4. The third-order valence-electron chi connectivity index (χ3n) is 2.66. The van der Waals surface area contributed by atoms with Crippen LogP contribution in [0.3, 0.4) is 0 Å². The summed E-state index contributed by atoms with van der Waals surface area (Å²) in [5.41, 5.74) is 9.89. The van der Waals surface area contributed by atoms with Crippen LogP contribution < -0.4 is 27.3 Å². The van der Waals surface area contributed by atoms with Gasteiger partial charge in [0.2, 0.25) is 5.51 Å². The van der Waals surface area contributed by atoms with Crippen molar-refractivity contribution in [1.82, 2.24) is 9.97 Å². The van der Waals surface area contributed by atoms with Crippen LogP contribution in [-0.4, -0.2) is 21.7 Å². The molecule has 3 N–H and O–H groups in total. The summed E-state index contributed by atoms with van der Waals surface area (Å²) >= 11 is 1.65. The molecule has 2 aromatic rings. The third kappa shape index (κ3) is 4.48. The highest BCUT2D eigenvalue weighted by Crippen LogP contribution is 2.13. The fraction of sp³-hybridized carbons (Fsp3) is 0.364. The predicted molar refractivity (Wildman–Crippen MR) is 75.9 cm³/mol. The standard InChI is InChI=1S/C11H15N4OS.2BrH/c1-8-10(2-3-16)17-7-15(8)5-9-4-13-6-14-11(9)12;;/h4,6-7,16H,2-3,5H2,1H3,(H2,12,13,14);2*1H/q+1;;/p-1. The Hall–Kier alpha value is -0.570. The number of nitrogens with two attached hydrogens (primary N) is 1. The number of aromatic nitrogens is 3. The van der Waals surface area contributed by atoms with Gasteiger partial charge in [0, 0.05) is 26.1 Å². The molecule has 0 atom stereocenters. The number of hydrogen-bond donors (Lipinski definition) is 2. The summed E-state index contributed by atoms with van der Waals surface area (Å²) in [6.45, 7) is 2.89. The Morgan fingerprint density at radius 2 is 2.21 bits per heavy atom. The Kier molecular flexibility index (Phi) is 8.31. The van der Waals surface area contributed by atoms with Gasteiger partial charge >= 0.3 is 0 Å². The van der Waals surface area contributed by atoms with Gasteiger partial charge in [0.05, 0.1) is 10.4 Å². The van der Waals surface area contributed by atoms with Gasteiger partial charge in [-0.2, -0.15) is 4.57 Å². The van der Waals surface area contributed by atoms with Crippen molar-refractivity contribution >= 4 is 34.1 Å². The molecule has 106 valence electrons. The summed E-state index contributed by atoms with van der Waals surface area (Å²) in [7, 11) is 0. The minimum Gasteiger partial charge on any atom is -1.00 e. The van der Waals surface area contributed by atoms with Crippen LogP contribution in [0.1, 0.15) is 16.1 Å². The molecule has 0 aliphatic carbocycles. The molecule has 0 unspecified atom stereocenters. The van der Waals surface area contributed by atoms with E-state index in [1.807, 2.05) is 12.4 Å². The average Bonchev–Trinajstić information content (AvgIpc) is 2.65. The Labute approximate surface area is 137 Å². The Bertz CT molecular complexity index is 521. The number of halogens is 2. The van der Waals surface area contributed by atoms with Crippen molar-refractivity contribution in [3.63, 3.8) is 0 Å². The van der Waals surface area contributed by atoms with E-state index in [0.29, 0.717) is 18.8 Å². The van der Waals surface area contributed by atoms with Gasteiger partial charge in [-0.3, -0.25) is 0 Å². The van der Waals surface area contributed by atoms with Crippen LogP contribution in [0.4, 0.5) is 5.82 Å². The summed E-state index contributed by atoms with van der Waals surface area (Å²) in [6.07, 6.45) is 3.88. The Morgan fingerprint density at radius 3 is 2.84 bits per heavy atom.